The summed E-state index contributed by atoms with van der Waals surface area (Å²) in [6.07, 6.45) is 0. The molecule has 6 nitrogen and oxygen atoms in total. The van der Waals surface area contributed by atoms with Crippen molar-refractivity contribution in [3.05, 3.63) is 82.5 Å². The molecule has 0 unspecified atom stereocenters. The highest BCUT2D eigenvalue weighted by Gasteiger charge is 2.08. The quantitative estimate of drug-likeness (QED) is 0.721. The van der Waals surface area contributed by atoms with Gasteiger partial charge in [-0.1, -0.05) is 23.7 Å². The fourth-order valence-electron chi connectivity index (χ4n) is 2.17. The molecule has 0 atom stereocenters. The first-order chi connectivity index (χ1) is 12.6. The molecular weight excluding hydrogens is 350 g/mol. The molecule has 0 aliphatic heterocycles. The minimum absolute atomic E-state index is 0.226. The Labute approximate surface area is 155 Å². The summed E-state index contributed by atoms with van der Waals surface area (Å²) in [6.45, 7) is 0.378. The number of nitriles is 1. The fourth-order valence-corrected chi connectivity index (χ4v) is 2.30. The monoisotopic (exact) mass is 363 g/mol. The molecule has 3 rings (SSSR count). The van der Waals surface area contributed by atoms with Gasteiger partial charge in [0.2, 0.25) is 0 Å². The van der Waals surface area contributed by atoms with Crippen molar-refractivity contribution in [3.8, 4) is 6.07 Å². The van der Waals surface area contributed by atoms with E-state index in [0.717, 1.165) is 11.3 Å². The Morgan fingerprint density at radius 1 is 1.00 bits per heavy atom. The summed E-state index contributed by atoms with van der Waals surface area (Å²) in [5.41, 5.74) is 2.52. The van der Waals surface area contributed by atoms with Gasteiger partial charge in [0.25, 0.3) is 5.91 Å². The van der Waals surface area contributed by atoms with E-state index in [2.05, 4.69) is 26.9 Å². The number of nitrogens with zero attached hydrogens (tertiary/aromatic N) is 3. The number of carbonyl (C=O) groups excluding carboxylic acids is 1. The lowest BCUT2D eigenvalue weighted by Gasteiger charge is -2.07. The highest BCUT2D eigenvalue weighted by molar-refractivity contribution is 6.30. The van der Waals surface area contributed by atoms with E-state index in [4.69, 9.17) is 16.9 Å². The lowest BCUT2D eigenvalue weighted by atomic mass is 10.2. The second kappa shape index (κ2) is 8.10. The van der Waals surface area contributed by atoms with Gasteiger partial charge in [-0.25, -0.2) is 0 Å². The summed E-state index contributed by atoms with van der Waals surface area (Å²) in [5, 5.41) is 23.2. The van der Waals surface area contributed by atoms with Crippen molar-refractivity contribution in [1.29, 1.82) is 5.26 Å². The lowest BCUT2D eigenvalue weighted by molar-refractivity contribution is 0.0945. The third kappa shape index (κ3) is 4.56. The highest BCUT2D eigenvalue weighted by Crippen LogP contribution is 2.14. The van der Waals surface area contributed by atoms with Crippen LogP contribution in [0.3, 0.4) is 0 Å². The Morgan fingerprint density at radius 2 is 1.73 bits per heavy atom. The predicted molar refractivity (Wildman–Crippen MR) is 99.1 cm³/mol. The van der Waals surface area contributed by atoms with Crippen LogP contribution in [0.5, 0.6) is 0 Å². The second-order valence-electron chi connectivity index (χ2n) is 5.43. The molecule has 26 heavy (non-hydrogen) atoms. The summed E-state index contributed by atoms with van der Waals surface area (Å²) >= 11 is 5.83. The van der Waals surface area contributed by atoms with E-state index in [-0.39, 0.29) is 11.6 Å². The molecule has 1 amide bonds. The molecule has 0 fully saturated rings. The second-order valence-corrected chi connectivity index (χ2v) is 5.86. The normalized spacial score (nSPS) is 10.0. The topological polar surface area (TPSA) is 90.7 Å². The largest absolute Gasteiger partial charge is 0.347 e. The zero-order valence-corrected chi connectivity index (χ0v) is 14.4. The van der Waals surface area contributed by atoms with Gasteiger partial charge in [-0.15, -0.1) is 10.2 Å². The van der Waals surface area contributed by atoms with Gasteiger partial charge in [0.05, 0.1) is 11.6 Å². The maximum atomic E-state index is 12.1. The summed E-state index contributed by atoms with van der Waals surface area (Å²) in [6, 6.07) is 19.5. The first kappa shape index (κ1) is 17.4. The van der Waals surface area contributed by atoms with Crippen LogP contribution in [0.25, 0.3) is 0 Å². The number of carbonyl (C=O) groups is 1. The van der Waals surface area contributed by atoms with Gasteiger partial charge >= 0.3 is 0 Å². The van der Waals surface area contributed by atoms with Crippen LogP contribution in [0, 0.1) is 11.3 Å². The number of hydrogen-bond acceptors (Lipinski definition) is 5. The Kier molecular flexibility index (Phi) is 5.42. The summed E-state index contributed by atoms with van der Waals surface area (Å²) in [5.74, 6) is 0.196. The Hall–Kier alpha value is -3.43. The maximum Gasteiger partial charge on any atom is 0.272 e. The van der Waals surface area contributed by atoms with Gasteiger partial charge in [0.15, 0.2) is 11.5 Å². The van der Waals surface area contributed by atoms with Gasteiger partial charge in [-0.3, -0.25) is 4.79 Å². The molecule has 128 valence electrons. The molecule has 7 heteroatoms. The third-order valence-electron chi connectivity index (χ3n) is 3.55. The zero-order chi connectivity index (χ0) is 18.4. The molecule has 1 aromatic heterocycles. The van der Waals surface area contributed by atoms with Crippen molar-refractivity contribution in [1.82, 2.24) is 15.5 Å². The van der Waals surface area contributed by atoms with E-state index < -0.39 is 0 Å². The van der Waals surface area contributed by atoms with E-state index in [1.165, 1.54) is 0 Å². The molecule has 0 aliphatic carbocycles. The van der Waals surface area contributed by atoms with Gasteiger partial charge in [-0.05, 0) is 54.1 Å². The number of rotatable bonds is 5. The van der Waals surface area contributed by atoms with Crippen molar-refractivity contribution >= 4 is 29.0 Å². The number of aromatic nitrogens is 2. The fraction of sp³-hybridized carbons (Fsp3) is 0.0526. The number of benzene rings is 2. The summed E-state index contributed by atoms with van der Waals surface area (Å²) in [4.78, 5) is 12.1. The lowest BCUT2D eigenvalue weighted by Crippen LogP contribution is -2.24. The number of hydrogen-bond donors (Lipinski definition) is 2. The predicted octanol–water partition coefficient (Wildman–Crippen LogP) is 3.68. The van der Waals surface area contributed by atoms with E-state index in [1.54, 1.807) is 48.5 Å². The molecule has 0 aliphatic rings. The van der Waals surface area contributed by atoms with Crippen molar-refractivity contribution < 1.29 is 4.79 Å². The first-order valence-electron chi connectivity index (χ1n) is 7.77. The molecule has 0 bridgehead atoms. The number of halogens is 1. The van der Waals surface area contributed by atoms with Crippen LogP contribution in [0.4, 0.5) is 11.5 Å². The summed E-state index contributed by atoms with van der Waals surface area (Å²) in [7, 11) is 0. The van der Waals surface area contributed by atoms with Crippen LogP contribution >= 0.6 is 11.6 Å². The van der Waals surface area contributed by atoms with Crippen LogP contribution < -0.4 is 10.6 Å². The van der Waals surface area contributed by atoms with Crippen LogP contribution in [-0.4, -0.2) is 16.1 Å². The molecule has 0 radical (unpaired) electrons. The summed E-state index contributed by atoms with van der Waals surface area (Å²) < 4.78 is 0. The molecule has 0 spiro atoms. The van der Waals surface area contributed by atoms with Crippen LogP contribution in [0.1, 0.15) is 21.6 Å². The van der Waals surface area contributed by atoms with E-state index >= 15 is 0 Å². The third-order valence-corrected chi connectivity index (χ3v) is 3.80. The first-order valence-corrected chi connectivity index (χ1v) is 8.15. The van der Waals surface area contributed by atoms with Crippen LogP contribution in [0.15, 0.2) is 60.7 Å². The molecule has 2 aromatic carbocycles. The minimum Gasteiger partial charge on any atom is -0.347 e. The SMILES string of the molecule is N#Cc1ccc(Nc2ccc(C(=O)NCc3ccc(Cl)cc3)nn2)cc1. The van der Waals surface area contributed by atoms with E-state index in [1.807, 2.05) is 12.1 Å². The van der Waals surface area contributed by atoms with Gasteiger partial charge in [0, 0.05) is 17.3 Å². The smallest absolute Gasteiger partial charge is 0.272 e. The number of nitrogens with one attached hydrogen (secondary N) is 2. The zero-order valence-electron chi connectivity index (χ0n) is 13.6. The van der Waals surface area contributed by atoms with Crippen LogP contribution in [-0.2, 0) is 6.54 Å². The molecule has 0 saturated heterocycles. The van der Waals surface area contributed by atoms with Crippen LogP contribution in [0.2, 0.25) is 5.02 Å². The van der Waals surface area contributed by atoms with Gasteiger partial charge < -0.3 is 10.6 Å². The average molecular weight is 364 g/mol. The van der Waals surface area contributed by atoms with Gasteiger partial charge in [0.1, 0.15) is 0 Å². The van der Waals surface area contributed by atoms with Crippen molar-refractivity contribution in [2.75, 3.05) is 5.32 Å². The highest BCUT2D eigenvalue weighted by atomic mass is 35.5. The number of anilines is 2. The average Bonchev–Trinajstić information content (AvgIpc) is 2.68. The molecule has 0 saturated carbocycles. The molecular formula is C19H14ClN5O. The van der Waals surface area contributed by atoms with Crippen molar-refractivity contribution in [2.45, 2.75) is 6.54 Å². The van der Waals surface area contributed by atoms with Gasteiger partial charge in [-0.2, -0.15) is 5.26 Å². The minimum atomic E-state index is -0.308. The molecule has 1 heterocycles. The maximum absolute atomic E-state index is 12.1. The standard InChI is InChI=1S/C19H14ClN5O/c20-15-5-1-14(2-6-15)12-22-19(26)17-9-10-18(25-24-17)23-16-7-3-13(11-21)4-8-16/h1-10H,12H2,(H,22,26)(H,23,25). The Morgan fingerprint density at radius 3 is 2.35 bits per heavy atom. The number of amides is 1. The van der Waals surface area contributed by atoms with E-state index in [9.17, 15) is 4.79 Å². The molecule has 3 aromatic rings. The Balaban J connectivity index is 1.58. The van der Waals surface area contributed by atoms with Crippen molar-refractivity contribution in [3.63, 3.8) is 0 Å². The Bertz CT molecular complexity index is 932. The molecule has 2 N–H and O–H groups in total. The van der Waals surface area contributed by atoms with Crippen molar-refractivity contribution in [2.24, 2.45) is 0 Å². The van der Waals surface area contributed by atoms with E-state index in [0.29, 0.717) is 22.9 Å².